The van der Waals surface area contributed by atoms with Gasteiger partial charge in [0.15, 0.2) is 0 Å². The van der Waals surface area contributed by atoms with Gasteiger partial charge in [-0.2, -0.15) is 0 Å². The van der Waals surface area contributed by atoms with Gasteiger partial charge in [0.2, 0.25) is 0 Å². The molecule has 27 heavy (non-hydrogen) atoms. The first-order valence-electron chi connectivity index (χ1n) is 8.26. The first-order valence-corrected chi connectivity index (χ1v) is 9.08. The van der Waals surface area contributed by atoms with Crippen LogP contribution < -0.4 is 10.1 Å². The second kappa shape index (κ2) is 8.43. The van der Waals surface area contributed by atoms with Crippen molar-refractivity contribution in [3.05, 3.63) is 58.6 Å². The standard InChI is InChI=1S/C20H18N4O2S/c1-4-8-26-18-16(6-5-7-17(18)20-24-10-14(3)27-20)19(25)23-12-15-11-21-13(2)9-22-15/h1,5-7,9-11H,8,12H2,2-3H3,(H,23,25). The number of hydrogen-bond donors (Lipinski definition) is 1. The van der Waals surface area contributed by atoms with Gasteiger partial charge < -0.3 is 10.1 Å². The van der Waals surface area contributed by atoms with Crippen LogP contribution in [0.2, 0.25) is 0 Å². The molecule has 2 heterocycles. The first kappa shape index (κ1) is 18.5. The average Bonchev–Trinajstić information content (AvgIpc) is 3.11. The Bertz CT molecular complexity index is 990. The molecule has 3 rings (SSSR count). The normalized spacial score (nSPS) is 10.3. The quantitative estimate of drug-likeness (QED) is 0.667. The molecular weight excluding hydrogens is 360 g/mol. The number of ether oxygens (including phenoxy) is 1. The topological polar surface area (TPSA) is 77.0 Å². The van der Waals surface area contributed by atoms with Crippen molar-refractivity contribution >= 4 is 17.2 Å². The van der Waals surface area contributed by atoms with E-state index in [1.165, 1.54) is 11.3 Å². The fourth-order valence-corrected chi connectivity index (χ4v) is 3.20. The van der Waals surface area contributed by atoms with Gasteiger partial charge in [-0.1, -0.05) is 12.0 Å². The van der Waals surface area contributed by atoms with E-state index >= 15 is 0 Å². The maximum atomic E-state index is 12.7. The van der Waals surface area contributed by atoms with E-state index in [1.807, 2.05) is 19.9 Å². The third kappa shape index (κ3) is 4.49. The Morgan fingerprint density at radius 3 is 2.74 bits per heavy atom. The number of hydrogen-bond acceptors (Lipinski definition) is 6. The van der Waals surface area contributed by atoms with Gasteiger partial charge in [0.25, 0.3) is 5.91 Å². The summed E-state index contributed by atoms with van der Waals surface area (Å²) in [7, 11) is 0. The lowest BCUT2D eigenvalue weighted by Gasteiger charge is -2.13. The van der Waals surface area contributed by atoms with Crippen LogP contribution in [0.15, 0.2) is 36.8 Å². The highest BCUT2D eigenvalue weighted by Crippen LogP contribution is 2.35. The molecule has 1 N–H and O–H groups in total. The Morgan fingerprint density at radius 1 is 1.22 bits per heavy atom. The summed E-state index contributed by atoms with van der Waals surface area (Å²) in [5.74, 6) is 2.59. The number of nitrogens with zero attached hydrogens (tertiary/aromatic N) is 3. The molecule has 136 valence electrons. The second-order valence-corrected chi connectivity index (χ2v) is 7.02. The summed E-state index contributed by atoms with van der Waals surface area (Å²) in [6, 6.07) is 5.37. The molecule has 0 aliphatic rings. The van der Waals surface area contributed by atoms with E-state index in [1.54, 1.807) is 30.7 Å². The third-order valence-electron chi connectivity index (χ3n) is 3.68. The molecule has 1 aromatic carbocycles. The highest BCUT2D eigenvalue weighted by atomic mass is 32.1. The molecule has 0 spiro atoms. The molecule has 0 fully saturated rings. The number of thiazole rings is 1. The molecule has 6 nitrogen and oxygen atoms in total. The van der Waals surface area contributed by atoms with Crippen LogP contribution in [0.25, 0.3) is 10.6 Å². The van der Waals surface area contributed by atoms with Gasteiger partial charge in [0.05, 0.1) is 35.3 Å². The van der Waals surface area contributed by atoms with Crippen LogP contribution in [0.5, 0.6) is 5.75 Å². The van der Waals surface area contributed by atoms with Crippen LogP contribution in [0.3, 0.4) is 0 Å². The molecule has 0 saturated carbocycles. The summed E-state index contributed by atoms with van der Waals surface area (Å²) in [6.07, 6.45) is 10.4. The number of aromatic nitrogens is 3. The van der Waals surface area contributed by atoms with Crippen LogP contribution in [-0.4, -0.2) is 27.5 Å². The molecule has 7 heteroatoms. The molecule has 0 aliphatic carbocycles. The smallest absolute Gasteiger partial charge is 0.255 e. The van der Waals surface area contributed by atoms with Crippen molar-refractivity contribution in [3.63, 3.8) is 0 Å². The third-order valence-corrected chi connectivity index (χ3v) is 4.62. The van der Waals surface area contributed by atoms with Gasteiger partial charge >= 0.3 is 0 Å². The monoisotopic (exact) mass is 378 g/mol. The number of nitrogens with one attached hydrogen (secondary N) is 1. The van der Waals surface area contributed by atoms with Gasteiger partial charge in [-0.3, -0.25) is 14.8 Å². The van der Waals surface area contributed by atoms with Crippen LogP contribution in [0, 0.1) is 26.2 Å². The SMILES string of the molecule is C#CCOc1c(C(=O)NCc2cnc(C)cn2)cccc1-c1ncc(C)s1. The molecule has 1 amide bonds. The summed E-state index contributed by atoms with van der Waals surface area (Å²) in [5, 5.41) is 3.62. The van der Waals surface area contributed by atoms with E-state index in [0.717, 1.165) is 21.1 Å². The van der Waals surface area contributed by atoms with E-state index in [9.17, 15) is 4.79 Å². The number of carbonyl (C=O) groups is 1. The number of terminal acetylenes is 1. The fraction of sp³-hybridized carbons (Fsp3) is 0.200. The second-order valence-electron chi connectivity index (χ2n) is 5.78. The summed E-state index contributed by atoms with van der Waals surface area (Å²) in [4.78, 5) is 26.6. The van der Waals surface area contributed by atoms with Crippen molar-refractivity contribution in [1.29, 1.82) is 0 Å². The molecule has 0 saturated heterocycles. The zero-order valence-electron chi connectivity index (χ0n) is 15.0. The number of rotatable bonds is 6. The number of benzene rings is 1. The Labute approximate surface area is 161 Å². The summed E-state index contributed by atoms with van der Waals surface area (Å²) < 4.78 is 5.71. The lowest BCUT2D eigenvalue weighted by Crippen LogP contribution is -2.24. The number of aryl methyl sites for hydroxylation is 2. The van der Waals surface area contributed by atoms with Crippen molar-refractivity contribution in [1.82, 2.24) is 20.3 Å². The maximum absolute atomic E-state index is 12.7. The van der Waals surface area contributed by atoms with Crippen molar-refractivity contribution in [2.24, 2.45) is 0 Å². The lowest BCUT2D eigenvalue weighted by molar-refractivity contribution is 0.0947. The predicted octanol–water partition coefficient (Wildman–Crippen LogP) is 3.16. The van der Waals surface area contributed by atoms with Crippen molar-refractivity contribution < 1.29 is 9.53 Å². The summed E-state index contributed by atoms with van der Waals surface area (Å²) in [6.45, 7) is 4.16. The minimum Gasteiger partial charge on any atom is -0.479 e. The van der Waals surface area contributed by atoms with Gasteiger partial charge in [-0.05, 0) is 26.0 Å². The van der Waals surface area contributed by atoms with Gasteiger partial charge in [-0.15, -0.1) is 17.8 Å². The molecule has 0 radical (unpaired) electrons. The highest BCUT2D eigenvalue weighted by molar-refractivity contribution is 7.15. The van der Waals surface area contributed by atoms with Crippen LogP contribution in [-0.2, 0) is 6.54 Å². The van der Waals surface area contributed by atoms with Gasteiger partial charge in [-0.25, -0.2) is 4.98 Å². The minimum absolute atomic E-state index is 0.0606. The largest absolute Gasteiger partial charge is 0.479 e. The van der Waals surface area contributed by atoms with Crippen LogP contribution >= 0.6 is 11.3 Å². The van der Waals surface area contributed by atoms with E-state index in [2.05, 4.69) is 26.2 Å². The molecule has 0 atom stereocenters. The Balaban J connectivity index is 1.87. The van der Waals surface area contributed by atoms with Gasteiger partial charge in [0, 0.05) is 17.3 Å². The Kier molecular flexibility index (Phi) is 5.79. The fourth-order valence-electron chi connectivity index (χ4n) is 2.41. The zero-order valence-corrected chi connectivity index (χ0v) is 15.8. The van der Waals surface area contributed by atoms with Crippen molar-refractivity contribution in [2.45, 2.75) is 20.4 Å². The van der Waals surface area contributed by atoms with Gasteiger partial charge in [0.1, 0.15) is 17.4 Å². The lowest BCUT2D eigenvalue weighted by atomic mass is 10.1. The predicted molar refractivity (Wildman–Crippen MR) is 105 cm³/mol. The number of para-hydroxylation sites is 1. The van der Waals surface area contributed by atoms with E-state index < -0.39 is 0 Å². The highest BCUT2D eigenvalue weighted by Gasteiger charge is 2.19. The van der Waals surface area contributed by atoms with E-state index in [-0.39, 0.29) is 19.1 Å². The zero-order chi connectivity index (χ0) is 19.2. The maximum Gasteiger partial charge on any atom is 0.255 e. The molecule has 0 aliphatic heterocycles. The van der Waals surface area contributed by atoms with E-state index in [4.69, 9.17) is 11.2 Å². The Morgan fingerprint density at radius 2 is 2.07 bits per heavy atom. The van der Waals surface area contributed by atoms with Crippen molar-refractivity contribution in [3.8, 4) is 28.7 Å². The number of carbonyl (C=O) groups excluding carboxylic acids is 1. The van der Waals surface area contributed by atoms with E-state index in [0.29, 0.717) is 17.0 Å². The molecule has 0 bridgehead atoms. The molecular formula is C20H18N4O2S. The first-order chi connectivity index (χ1) is 13.1. The molecule has 2 aromatic heterocycles. The number of amides is 1. The molecule has 3 aromatic rings. The Hall–Kier alpha value is -3.24. The summed E-state index contributed by atoms with van der Waals surface area (Å²) >= 11 is 1.53. The van der Waals surface area contributed by atoms with Crippen LogP contribution in [0.1, 0.15) is 26.6 Å². The average molecular weight is 378 g/mol. The van der Waals surface area contributed by atoms with Crippen molar-refractivity contribution in [2.75, 3.05) is 6.61 Å². The molecule has 0 unspecified atom stereocenters. The summed E-state index contributed by atoms with van der Waals surface area (Å²) in [5.41, 5.74) is 2.63. The minimum atomic E-state index is -0.278. The van der Waals surface area contributed by atoms with Crippen LogP contribution in [0.4, 0.5) is 0 Å².